The monoisotopic (exact) mass is 254 g/mol. The van der Waals surface area contributed by atoms with Gasteiger partial charge in [0.05, 0.1) is 0 Å². The second-order valence-electron chi connectivity index (χ2n) is 4.43. The topological polar surface area (TPSA) is 49.7 Å². The summed E-state index contributed by atoms with van der Waals surface area (Å²) in [5.41, 5.74) is 3.87. The van der Waals surface area contributed by atoms with Crippen molar-refractivity contribution in [3.63, 3.8) is 0 Å². The molecule has 0 aliphatic heterocycles. The first kappa shape index (κ1) is 13.0. The minimum atomic E-state index is 0.389. The predicted molar refractivity (Wildman–Crippen MR) is 77.0 cm³/mol. The van der Waals surface area contributed by atoms with E-state index in [1.165, 1.54) is 0 Å². The third kappa shape index (κ3) is 2.68. The van der Waals surface area contributed by atoms with Crippen LogP contribution in [0.1, 0.15) is 10.4 Å². The maximum Gasteiger partial charge on any atom is 0.150 e. The fourth-order valence-electron chi connectivity index (χ4n) is 1.94. The summed E-state index contributed by atoms with van der Waals surface area (Å²) in [6, 6.07) is 12.5. The average molecular weight is 254 g/mol. The Morgan fingerprint density at radius 1 is 1.05 bits per heavy atom. The third-order valence-electron chi connectivity index (χ3n) is 2.93. The van der Waals surface area contributed by atoms with E-state index in [0.29, 0.717) is 11.3 Å². The Hall–Kier alpha value is -2.49. The number of rotatable bonds is 4. The summed E-state index contributed by atoms with van der Waals surface area (Å²) in [6.45, 7) is 0. The van der Waals surface area contributed by atoms with Crippen molar-refractivity contribution in [3.8, 4) is 11.1 Å². The standard InChI is InChI=1S/C15H14N2O2/c1-17(2)15-8-7-13(16-19)9-14(15)12-5-3-11(10-18)4-6-12/h3-10H,1-2H3. The fraction of sp³-hybridized carbons (Fsp3) is 0.133. The molecule has 19 heavy (non-hydrogen) atoms. The lowest BCUT2D eigenvalue weighted by molar-refractivity contribution is 0.112. The Kier molecular flexibility index (Phi) is 3.71. The number of carbonyl (C=O) groups is 1. The first-order chi connectivity index (χ1) is 9.15. The van der Waals surface area contributed by atoms with E-state index in [9.17, 15) is 9.70 Å². The summed E-state index contributed by atoms with van der Waals surface area (Å²) in [6.07, 6.45) is 0.806. The van der Waals surface area contributed by atoms with Crippen LogP contribution in [0.25, 0.3) is 11.1 Å². The number of hydrogen-bond acceptors (Lipinski definition) is 4. The highest BCUT2D eigenvalue weighted by Crippen LogP contribution is 2.33. The molecule has 0 spiro atoms. The van der Waals surface area contributed by atoms with E-state index in [1.54, 1.807) is 24.3 Å². The molecule has 0 aromatic heterocycles. The molecule has 0 aliphatic carbocycles. The molecular formula is C15H14N2O2. The maximum absolute atomic E-state index is 10.7. The number of aldehydes is 1. The molecule has 96 valence electrons. The van der Waals surface area contributed by atoms with E-state index in [1.807, 2.05) is 37.2 Å². The van der Waals surface area contributed by atoms with Gasteiger partial charge in [0.15, 0.2) is 0 Å². The van der Waals surface area contributed by atoms with Crippen LogP contribution in [0, 0.1) is 4.91 Å². The Labute approximate surface area is 111 Å². The molecule has 0 fully saturated rings. The molecule has 0 unspecified atom stereocenters. The normalized spacial score (nSPS) is 10.0. The van der Waals surface area contributed by atoms with Crippen molar-refractivity contribution in [2.24, 2.45) is 5.18 Å². The molecule has 4 nitrogen and oxygen atoms in total. The fourth-order valence-corrected chi connectivity index (χ4v) is 1.94. The zero-order valence-corrected chi connectivity index (χ0v) is 10.8. The van der Waals surface area contributed by atoms with Crippen LogP contribution < -0.4 is 4.90 Å². The summed E-state index contributed by atoms with van der Waals surface area (Å²) >= 11 is 0. The van der Waals surface area contributed by atoms with Crippen molar-refractivity contribution in [3.05, 3.63) is 52.9 Å². The number of benzene rings is 2. The molecule has 0 saturated carbocycles. The van der Waals surface area contributed by atoms with Crippen molar-refractivity contribution >= 4 is 17.7 Å². The van der Waals surface area contributed by atoms with Gasteiger partial charge in [0, 0.05) is 30.9 Å². The third-order valence-corrected chi connectivity index (χ3v) is 2.93. The van der Waals surface area contributed by atoms with Gasteiger partial charge in [-0.2, -0.15) is 0 Å². The van der Waals surface area contributed by atoms with Crippen molar-refractivity contribution in [2.45, 2.75) is 0 Å². The molecule has 0 N–H and O–H groups in total. The van der Waals surface area contributed by atoms with Gasteiger partial charge < -0.3 is 4.90 Å². The van der Waals surface area contributed by atoms with Gasteiger partial charge in [0.2, 0.25) is 0 Å². The lowest BCUT2D eigenvalue weighted by Crippen LogP contribution is -2.09. The van der Waals surface area contributed by atoms with Crippen molar-refractivity contribution in [2.75, 3.05) is 19.0 Å². The molecule has 0 saturated heterocycles. The highest BCUT2D eigenvalue weighted by Gasteiger charge is 2.08. The number of nitroso groups, excluding NO2 is 1. The van der Waals surface area contributed by atoms with Gasteiger partial charge in [-0.15, -0.1) is 4.91 Å². The van der Waals surface area contributed by atoms with Gasteiger partial charge in [0.1, 0.15) is 12.0 Å². The van der Waals surface area contributed by atoms with Crippen LogP contribution in [0.4, 0.5) is 11.4 Å². The second kappa shape index (κ2) is 5.44. The van der Waals surface area contributed by atoms with Crippen LogP contribution in [0.5, 0.6) is 0 Å². The zero-order chi connectivity index (χ0) is 13.8. The second-order valence-corrected chi connectivity index (χ2v) is 4.43. The summed E-state index contributed by atoms with van der Waals surface area (Å²) in [5.74, 6) is 0. The van der Waals surface area contributed by atoms with E-state index in [4.69, 9.17) is 0 Å². The zero-order valence-electron chi connectivity index (χ0n) is 10.8. The molecule has 0 atom stereocenters. The number of anilines is 1. The maximum atomic E-state index is 10.7. The Balaban J connectivity index is 2.56. The summed E-state index contributed by atoms with van der Waals surface area (Å²) in [5, 5.41) is 2.97. The summed E-state index contributed by atoms with van der Waals surface area (Å²) in [7, 11) is 3.87. The Morgan fingerprint density at radius 2 is 1.74 bits per heavy atom. The average Bonchev–Trinajstić information content (AvgIpc) is 2.46. The molecule has 2 aromatic carbocycles. The quantitative estimate of drug-likeness (QED) is 0.618. The van der Waals surface area contributed by atoms with Crippen LogP contribution in [0.3, 0.4) is 0 Å². The molecule has 0 aliphatic rings. The minimum absolute atomic E-state index is 0.389. The highest BCUT2D eigenvalue weighted by atomic mass is 16.3. The van der Waals surface area contributed by atoms with Crippen LogP contribution >= 0.6 is 0 Å². The van der Waals surface area contributed by atoms with E-state index in [0.717, 1.165) is 23.1 Å². The van der Waals surface area contributed by atoms with Gasteiger partial charge in [-0.25, -0.2) is 0 Å². The van der Waals surface area contributed by atoms with Crippen molar-refractivity contribution < 1.29 is 4.79 Å². The predicted octanol–water partition coefficient (Wildman–Crippen LogP) is 3.63. The number of nitrogens with zero attached hydrogens (tertiary/aromatic N) is 2. The molecule has 0 radical (unpaired) electrons. The van der Waals surface area contributed by atoms with Crippen molar-refractivity contribution in [1.82, 2.24) is 0 Å². The van der Waals surface area contributed by atoms with Gasteiger partial charge in [-0.3, -0.25) is 4.79 Å². The van der Waals surface area contributed by atoms with E-state index < -0.39 is 0 Å². The van der Waals surface area contributed by atoms with Crippen LogP contribution in [0.15, 0.2) is 47.6 Å². The number of hydrogen-bond donors (Lipinski definition) is 0. The smallest absolute Gasteiger partial charge is 0.150 e. The van der Waals surface area contributed by atoms with E-state index in [2.05, 4.69) is 5.18 Å². The van der Waals surface area contributed by atoms with Crippen molar-refractivity contribution in [1.29, 1.82) is 0 Å². The largest absolute Gasteiger partial charge is 0.377 e. The molecule has 2 aromatic rings. The summed E-state index contributed by atoms with van der Waals surface area (Å²) < 4.78 is 0. The first-order valence-corrected chi connectivity index (χ1v) is 5.86. The molecule has 4 heteroatoms. The SMILES string of the molecule is CN(C)c1ccc(N=O)cc1-c1ccc(C=O)cc1. The Bertz CT molecular complexity index is 604. The summed E-state index contributed by atoms with van der Waals surface area (Å²) in [4.78, 5) is 23.3. The minimum Gasteiger partial charge on any atom is -0.377 e. The lowest BCUT2D eigenvalue weighted by atomic mass is 10.0. The number of carbonyl (C=O) groups excluding carboxylic acids is 1. The Morgan fingerprint density at radius 3 is 2.26 bits per heavy atom. The molecule has 0 heterocycles. The van der Waals surface area contributed by atoms with Gasteiger partial charge in [0.25, 0.3) is 0 Å². The van der Waals surface area contributed by atoms with Gasteiger partial charge in [-0.1, -0.05) is 24.3 Å². The van der Waals surface area contributed by atoms with Gasteiger partial charge in [-0.05, 0) is 28.9 Å². The van der Waals surface area contributed by atoms with E-state index in [-0.39, 0.29) is 0 Å². The molecule has 2 rings (SSSR count). The van der Waals surface area contributed by atoms with Crippen LogP contribution in [-0.2, 0) is 0 Å². The lowest BCUT2D eigenvalue weighted by Gasteiger charge is -2.17. The molecule has 0 amide bonds. The highest BCUT2D eigenvalue weighted by molar-refractivity contribution is 5.83. The van der Waals surface area contributed by atoms with Crippen LogP contribution in [-0.4, -0.2) is 20.4 Å². The van der Waals surface area contributed by atoms with Gasteiger partial charge >= 0.3 is 0 Å². The molecule has 0 bridgehead atoms. The van der Waals surface area contributed by atoms with E-state index >= 15 is 0 Å². The first-order valence-electron chi connectivity index (χ1n) is 5.86. The molecular weight excluding hydrogens is 240 g/mol. The van der Waals surface area contributed by atoms with Crippen LogP contribution in [0.2, 0.25) is 0 Å².